The lowest BCUT2D eigenvalue weighted by atomic mass is 10.2. The fraction of sp³-hybridized carbons (Fsp3) is 0.353. The number of hydrogen-bond donors (Lipinski definition) is 1. The Morgan fingerprint density at radius 1 is 0.950 bits per heavy atom. The van der Waals surface area contributed by atoms with Crippen molar-refractivity contribution in [2.24, 2.45) is 0 Å². The minimum absolute atomic E-state index is 0.840. The van der Waals surface area contributed by atoms with Crippen LogP contribution in [0.4, 0.5) is 0 Å². The zero-order valence-corrected chi connectivity index (χ0v) is 12.3. The van der Waals surface area contributed by atoms with E-state index in [1.807, 2.05) is 0 Å². The SMILES string of the molecule is CCNCc1cccc(CN(C)Cc2ccccc2)n1. The standard InChI is InChI=1S/C17H23N3/c1-3-18-12-16-10-7-11-17(19-16)14-20(2)13-15-8-5-4-6-9-15/h4-11,18H,3,12-14H2,1-2H3. The van der Waals surface area contributed by atoms with Crippen molar-refractivity contribution in [3.05, 3.63) is 65.5 Å². The maximum absolute atomic E-state index is 4.69. The van der Waals surface area contributed by atoms with Gasteiger partial charge in [-0.15, -0.1) is 0 Å². The maximum Gasteiger partial charge on any atom is 0.0547 e. The summed E-state index contributed by atoms with van der Waals surface area (Å²) in [5.41, 5.74) is 3.56. The van der Waals surface area contributed by atoms with E-state index in [1.54, 1.807) is 0 Å². The molecule has 2 rings (SSSR count). The first-order valence-corrected chi connectivity index (χ1v) is 7.16. The van der Waals surface area contributed by atoms with E-state index in [1.165, 1.54) is 5.56 Å². The second kappa shape index (κ2) is 7.78. The summed E-state index contributed by atoms with van der Waals surface area (Å²) in [5, 5.41) is 3.31. The Hall–Kier alpha value is -1.71. The first-order chi connectivity index (χ1) is 9.78. The highest BCUT2D eigenvalue weighted by Gasteiger charge is 2.03. The Bertz CT molecular complexity index is 511. The van der Waals surface area contributed by atoms with Crippen LogP contribution in [0.25, 0.3) is 0 Å². The Morgan fingerprint density at radius 3 is 2.45 bits per heavy atom. The second-order valence-corrected chi connectivity index (χ2v) is 5.06. The van der Waals surface area contributed by atoms with Gasteiger partial charge in [-0.1, -0.05) is 43.3 Å². The molecule has 0 aliphatic rings. The zero-order valence-electron chi connectivity index (χ0n) is 12.3. The van der Waals surface area contributed by atoms with Gasteiger partial charge in [0.2, 0.25) is 0 Å². The smallest absolute Gasteiger partial charge is 0.0547 e. The van der Waals surface area contributed by atoms with Gasteiger partial charge in [0.15, 0.2) is 0 Å². The summed E-state index contributed by atoms with van der Waals surface area (Å²) in [6, 6.07) is 16.8. The third-order valence-electron chi connectivity index (χ3n) is 3.15. The fourth-order valence-corrected chi connectivity index (χ4v) is 2.20. The second-order valence-electron chi connectivity index (χ2n) is 5.06. The van der Waals surface area contributed by atoms with Gasteiger partial charge in [-0.3, -0.25) is 9.88 Å². The molecule has 0 aliphatic carbocycles. The van der Waals surface area contributed by atoms with Crippen molar-refractivity contribution >= 4 is 0 Å². The van der Waals surface area contributed by atoms with Crippen molar-refractivity contribution < 1.29 is 0 Å². The van der Waals surface area contributed by atoms with Crippen LogP contribution in [-0.4, -0.2) is 23.5 Å². The van der Waals surface area contributed by atoms with Gasteiger partial charge in [0.25, 0.3) is 0 Å². The average molecular weight is 269 g/mol. The largest absolute Gasteiger partial charge is 0.311 e. The van der Waals surface area contributed by atoms with Gasteiger partial charge < -0.3 is 5.32 Å². The van der Waals surface area contributed by atoms with Crippen molar-refractivity contribution in [2.45, 2.75) is 26.6 Å². The lowest BCUT2D eigenvalue weighted by molar-refractivity contribution is 0.314. The molecule has 106 valence electrons. The maximum atomic E-state index is 4.69. The molecule has 0 saturated carbocycles. The summed E-state index contributed by atoms with van der Waals surface area (Å²) in [6.07, 6.45) is 0. The van der Waals surface area contributed by atoms with Crippen molar-refractivity contribution in [2.75, 3.05) is 13.6 Å². The topological polar surface area (TPSA) is 28.2 Å². The molecule has 3 heteroatoms. The van der Waals surface area contributed by atoms with Crippen molar-refractivity contribution in [1.82, 2.24) is 15.2 Å². The molecule has 0 amide bonds. The number of benzene rings is 1. The number of nitrogens with zero attached hydrogens (tertiary/aromatic N) is 2. The number of hydrogen-bond acceptors (Lipinski definition) is 3. The number of nitrogens with one attached hydrogen (secondary N) is 1. The molecule has 1 N–H and O–H groups in total. The lowest BCUT2D eigenvalue weighted by Gasteiger charge is -2.16. The Labute approximate surface area is 121 Å². The van der Waals surface area contributed by atoms with Gasteiger partial charge in [-0.05, 0) is 31.3 Å². The van der Waals surface area contributed by atoms with Gasteiger partial charge in [-0.25, -0.2) is 0 Å². The Kier molecular flexibility index (Phi) is 5.71. The summed E-state index contributed by atoms with van der Waals surface area (Å²) in [7, 11) is 2.13. The van der Waals surface area contributed by atoms with E-state index in [2.05, 4.69) is 77.7 Å². The third-order valence-corrected chi connectivity index (χ3v) is 3.15. The number of pyridine rings is 1. The monoisotopic (exact) mass is 269 g/mol. The summed E-state index contributed by atoms with van der Waals surface area (Å²) < 4.78 is 0. The number of aromatic nitrogens is 1. The van der Waals surface area contributed by atoms with E-state index >= 15 is 0 Å². The summed E-state index contributed by atoms with van der Waals surface area (Å²) in [4.78, 5) is 6.97. The highest BCUT2D eigenvalue weighted by molar-refractivity contribution is 5.15. The van der Waals surface area contributed by atoms with Gasteiger partial charge in [0, 0.05) is 19.6 Å². The summed E-state index contributed by atoms with van der Waals surface area (Å²) in [5.74, 6) is 0. The molecule has 20 heavy (non-hydrogen) atoms. The van der Waals surface area contributed by atoms with Crippen LogP contribution in [0, 0.1) is 0 Å². The molecule has 0 radical (unpaired) electrons. The minimum Gasteiger partial charge on any atom is -0.311 e. The summed E-state index contributed by atoms with van der Waals surface area (Å²) in [6.45, 7) is 5.73. The predicted octanol–water partition coefficient (Wildman–Crippen LogP) is 2.82. The van der Waals surface area contributed by atoms with Crippen LogP contribution in [0.5, 0.6) is 0 Å². The van der Waals surface area contributed by atoms with Crippen LogP contribution in [0.1, 0.15) is 23.9 Å². The van der Waals surface area contributed by atoms with Crippen LogP contribution in [0.15, 0.2) is 48.5 Å². The zero-order chi connectivity index (χ0) is 14.2. The van der Waals surface area contributed by atoms with Gasteiger partial charge in [0.05, 0.1) is 11.4 Å². The normalized spacial score (nSPS) is 10.9. The molecule has 0 saturated heterocycles. The molecule has 2 aromatic rings. The minimum atomic E-state index is 0.840. The van der Waals surface area contributed by atoms with E-state index < -0.39 is 0 Å². The molecule has 1 aromatic heterocycles. The number of rotatable bonds is 7. The van der Waals surface area contributed by atoms with Gasteiger partial charge in [0.1, 0.15) is 0 Å². The van der Waals surface area contributed by atoms with Gasteiger partial charge >= 0.3 is 0 Å². The van der Waals surface area contributed by atoms with Crippen molar-refractivity contribution in [3.8, 4) is 0 Å². The van der Waals surface area contributed by atoms with Crippen LogP contribution >= 0.6 is 0 Å². The molecule has 0 spiro atoms. The highest BCUT2D eigenvalue weighted by atomic mass is 15.1. The fourth-order valence-electron chi connectivity index (χ4n) is 2.20. The molecule has 1 aromatic carbocycles. The summed E-state index contributed by atoms with van der Waals surface area (Å²) >= 11 is 0. The molecule has 0 unspecified atom stereocenters. The Balaban J connectivity index is 1.92. The van der Waals surface area contributed by atoms with E-state index in [9.17, 15) is 0 Å². The van der Waals surface area contributed by atoms with Crippen molar-refractivity contribution in [1.29, 1.82) is 0 Å². The van der Waals surface area contributed by atoms with E-state index in [0.717, 1.165) is 37.6 Å². The van der Waals surface area contributed by atoms with Crippen LogP contribution in [0.2, 0.25) is 0 Å². The Morgan fingerprint density at radius 2 is 1.70 bits per heavy atom. The molecular weight excluding hydrogens is 246 g/mol. The molecule has 0 atom stereocenters. The van der Waals surface area contributed by atoms with Crippen molar-refractivity contribution in [3.63, 3.8) is 0 Å². The van der Waals surface area contributed by atoms with Crippen LogP contribution < -0.4 is 5.32 Å². The van der Waals surface area contributed by atoms with Gasteiger partial charge in [-0.2, -0.15) is 0 Å². The average Bonchev–Trinajstić information content (AvgIpc) is 2.46. The van der Waals surface area contributed by atoms with E-state index in [4.69, 9.17) is 0 Å². The molecule has 1 heterocycles. The molecule has 3 nitrogen and oxygen atoms in total. The first kappa shape index (κ1) is 14.7. The molecule has 0 bridgehead atoms. The molecular formula is C17H23N3. The van der Waals surface area contributed by atoms with Crippen LogP contribution in [-0.2, 0) is 19.6 Å². The quantitative estimate of drug-likeness (QED) is 0.838. The van der Waals surface area contributed by atoms with E-state index in [-0.39, 0.29) is 0 Å². The molecule has 0 fully saturated rings. The lowest BCUT2D eigenvalue weighted by Crippen LogP contribution is -2.19. The third kappa shape index (κ3) is 4.76. The van der Waals surface area contributed by atoms with E-state index in [0.29, 0.717) is 0 Å². The predicted molar refractivity (Wildman–Crippen MR) is 83.2 cm³/mol. The highest BCUT2D eigenvalue weighted by Crippen LogP contribution is 2.07. The van der Waals surface area contributed by atoms with Crippen LogP contribution in [0.3, 0.4) is 0 Å². The molecule has 0 aliphatic heterocycles. The first-order valence-electron chi connectivity index (χ1n) is 7.16.